The highest BCUT2D eigenvalue weighted by Gasteiger charge is 2.43. The molecule has 0 saturated carbocycles. The molecule has 1 atom stereocenters. The molecule has 13 heteroatoms. The summed E-state index contributed by atoms with van der Waals surface area (Å²) in [5.74, 6) is -1.97. The SMILES string of the molecule is CC(C)(C)OC(=O)N1CC(OCCNc2cccc(S(=O)(=O)NC(=O)c3ccc(C(C)(C)C)nc3F)n2)CC1(C)C. The summed E-state index contributed by atoms with van der Waals surface area (Å²) in [6.45, 7) is 15.9. The van der Waals surface area contributed by atoms with E-state index in [1.54, 1.807) is 11.0 Å². The van der Waals surface area contributed by atoms with Gasteiger partial charge in [0.2, 0.25) is 5.95 Å². The highest BCUT2D eigenvalue weighted by atomic mass is 32.2. The van der Waals surface area contributed by atoms with Gasteiger partial charge in [0.05, 0.1) is 24.8 Å². The summed E-state index contributed by atoms with van der Waals surface area (Å²) < 4.78 is 53.4. The van der Waals surface area contributed by atoms with E-state index in [4.69, 9.17) is 9.47 Å². The first-order valence-corrected chi connectivity index (χ1v) is 14.8. The summed E-state index contributed by atoms with van der Waals surface area (Å²) in [4.78, 5) is 34.7. The molecule has 0 spiro atoms. The van der Waals surface area contributed by atoms with Gasteiger partial charge in [-0.1, -0.05) is 26.8 Å². The lowest BCUT2D eigenvalue weighted by Gasteiger charge is -2.33. The molecular weight excluding hydrogens is 553 g/mol. The van der Waals surface area contributed by atoms with E-state index in [-0.39, 0.29) is 24.6 Å². The number of carbonyl (C=O) groups is 2. The molecule has 3 heterocycles. The van der Waals surface area contributed by atoms with E-state index in [1.165, 1.54) is 24.3 Å². The van der Waals surface area contributed by atoms with E-state index in [1.807, 2.05) is 60.1 Å². The van der Waals surface area contributed by atoms with Gasteiger partial charge in [-0.3, -0.25) is 4.79 Å². The van der Waals surface area contributed by atoms with Crippen molar-refractivity contribution in [1.82, 2.24) is 19.6 Å². The third-order valence-electron chi connectivity index (χ3n) is 6.31. The van der Waals surface area contributed by atoms with Crippen LogP contribution in [0.2, 0.25) is 0 Å². The van der Waals surface area contributed by atoms with Crippen molar-refractivity contribution in [3.8, 4) is 0 Å². The largest absolute Gasteiger partial charge is 0.444 e. The number of sulfonamides is 1. The molecule has 2 amide bonds. The van der Waals surface area contributed by atoms with Crippen LogP contribution in [0.5, 0.6) is 0 Å². The minimum Gasteiger partial charge on any atom is -0.444 e. The lowest BCUT2D eigenvalue weighted by atomic mass is 9.91. The van der Waals surface area contributed by atoms with Crippen molar-refractivity contribution in [3.05, 3.63) is 47.5 Å². The molecule has 2 N–H and O–H groups in total. The van der Waals surface area contributed by atoms with Crippen molar-refractivity contribution in [3.63, 3.8) is 0 Å². The number of carbonyl (C=O) groups excluding carboxylic acids is 2. The highest BCUT2D eigenvalue weighted by molar-refractivity contribution is 7.90. The summed E-state index contributed by atoms with van der Waals surface area (Å²) in [5.41, 5.74) is -1.54. The summed E-state index contributed by atoms with van der Waals surface area (Å²) in [5, 5.41) is 2.58. The third kappa shape index (κ3) is 8.59. The average molecular weight is 594 g/mol. The molecule has 0 aliphatic carbocycles. The Balaban J connectivity index is 1.56. The second-order valence-corrected chi connectivity index (χ2v) is 14.2. The van der Waals surface area contributed by atoms with Gasteiger partial charge >= 0.3 is 6.09 Å². The maximum Gasteiger partial charge on any atom is 0.410 e. The maximum absolute atomic E-state index is 14.5. The van der Waals surface area contributed by atoms with Crippen molar-refractivity contribution >= 4 is 27.8 Å². The molecule has 41 heavy (non-hydrogen) atoms. The standard InChI is InChI=1S/C28H40FN5O6S/c1-26(2,3)20-13-12-19(23(29)31-20)24(35)33-41(37,38)22-11-9-10-21(32-22)30-14-15-39-18-16-28(7,8)34(17-18)25(36)40-27(4,5)6/h9-13,18H,14-17H2,1-8H3,(H,30,32)(H,33,35). The number of anilines is 1. The molecule has 11 nitrogen and oxygen atoms in total. The first-order chi connectivity index (χ1) is 18.8. The molecule has 2 aromatic rings. The fourth-order valence-corrected chi connectivity index (χ4v) is 5.19. The molecule has 2 aromatic heterocycles. The number of amides is 2. The van der Waals surface area contributed by atoms with Gasteiger partial charge in [0.1, 0.15) is 11.4 Å². The number of aromatic nitrogens is 2. The summed E-state index contributed by atoms with van der Waals surface area (Å²) in [6.07, 6.45) is 0.0518. The van der Waals surface area contributed by atoms with E-state index >= 15 is 0 Å². The predicted molar refractivity (Wildman–Crippen MR) is 152 cm³/mol. The van der Waals surface area contributed by atoms with Gasteiger partial charge in [-0.15, -0.1) is 0 Å². The van der Waals surface area contributed by atoms with Crippen LogP contribution in [0.4, 0.5) is 15.0 Å². The molecule has 1 fully saturated rings. The van der Waals surface area contributed by atoms with Crippen molar-refractivity contribution in [2.45, 2.75) is 89.5 Å². The smallest absolute Gasteiger partial charge is 0.410 e. The van der Waals surface area contributed by atoms with E-state index in [2.05, 4.69) is 15.3 Å². The van der Waals surface area contributed by atoms with E-state index in [0.717, 1.165) is 0 Å². The molecule has 1 unspecified atom stereocenters. The van der Waals surface area contributed by atoms with Gasteiger partial charge in [0.15, 0.2) is 5.03 Å². The van der Waals surface area contributed by atoms with Crippen LogP contribution in [0.25, 0.3) is 0 Å². The van der Waals surface area contributed by atoms with E-state index in [0.29, 0.717) is 25.2 Å². The summed E-state index contributed by atoms with van der Waals surface area (Å²) in [6, 6.07) is 6.95. The van der Waals surface area contributed by atoms with Gasteiger partial charge in [-0.25, -0.2) is 19.5 Å². The first kappa shape index (κ1) is 32.2. The summed E-state index contributed by atoms with van der Waals surface area (Å²) in [7, 11) is -4.40. The molecule has 1 aliphatic heterocycles. The lowest BCUT2D eigenvalue weighted by molar-refractivity contribution is 0.0105. The highest BCUT2D eigenvalue weighted by Crippen LogP contribution is 2.32. The minimum absolute atomic E-state index is 0.193. The number of hydrogen-bond donors (Lipinski definition) is 2. The molecular formula is C28H40FN5O6S. The second-order valence-electron chi connectivity index (χ2n) is 12.6. The van der Waals surface area contributed by atoms with E-state index in [9.17, 15) is 22.4 Å². The molecule has 226 valence electrons. The Morgan fingerprint density at radius 1 is 1.10 bits per heavy atom. The number of nitrogens with one attached hydrogen (secondary N) is 2. The Hall–Kier alpha value is -3.32. The Kier molecular flexibility index (Phi) is 9.33. The molecule has 3 rings (SSSR count). The van der Waals surface area contributed by atoms with Crippen LogP contribution in [0, 0.1) is 5.95 Å². The van der Waals surface area contributed by atoms with Crippen molar-refractivity contribution in [1.29, 1.82) is 0 Å². The average Bonchev–Trinajstić information content (AvgIpc) is 3.14. The number of nitrogens with zero attached hydrogens (tertiary/aromatic N) is 3. The van der Waals surface area contributed by atoms with Crippen LogP contribution in [0.15, 0.2) is 35.4 Å². The Bertz CT molecular complexity index is 1390. The Morgan fingerprint density at radius 3 is 2.39 bits per heavy atom. The Labute approximate surface area is 241 Å². The van der Waals surface area contributed by atoms with Crippen LogP contribution in [0.1, 0.15) is 77.9 Å². The van der Waals surface area contributed by atoms with Gasteiger partial charge in [0, 0.05) is 23.2 Å². The first-order valence-electron chi connectivity index (χ1n) is 13.4. The molecule has 0 radical (unpaired) electrons. The number of halogens is 1. The maximum atomic E-state index is 14.5. The van der Waals surface area contributed by atoms with Crippen molar-refractivity contribution in [2.24, 2.45) is 0 Å². The third-order valence-corrected chi connectivity index (χ3v) is 7.54. The van der Waals surface area contributed by atoms with Crippen LogP contribution >= 0.6 is 0 Å². The topological polar surface area (TPSA) is 140 Å². The van der Waals surface area contributed by atoms with Crippen molar-refractivity contribution < 1.29 is 31.9 Å². The summed E-state index contributed by atoms with van der Waals surface area (Å²) >= 11 is 0. The second kappa shape index (κ2) is 11.9. The van der Waals surface area contributed by atoms with Crippen LogP contribution in [0.3, 0.4) is 0 Å². The van der Waals surface area contributed by atoms with Gasteiger partial charge < -0.3 is 19.7 Å². The fraction of sp³-hybridized carbons (Fsp3) is 0.571. The number of pyridine rings is 2. The van der Waals surface area contributed by atoms with E-state index < -0.39 is 49.0 Å². The number of ether oxygens (including phenoxy) is 2. The normalized spacial score (nSPS) is 17.3. The fourth-order valence-electron chi connectivity index (χ4n) is 4.25. The number of hydrogen-bond acceptors (Lipinski definition) is 9. The zero-order valence-corrected chi connectivity index (χ0v) is 25.7. The van der Waals surface area contributed by atoms with Crippen molar-refractivity contribution in [2.75, 3.05) is 25.0 Å². The van der Waals surface area contributed by atoms with Gasteiger partial charge in [-0.2, -0.15) is 12.8 Å². The number of likely N-dealkylation sites (tertiary alicyclic amines) is 1. The van der Waals surface area contributed by atoms with Crippen LogP contribution in [-0.4, -0.2) is 72.2 Å². The molecule has 1 aliphatic rings. The molecule has 1 saturated heterocycles. The zero-order valence-electron chi connectivity index (χ0n) is 24.9. The van der Waals surface area contributed by atoms with Crippen LogP contribution in [-0.2, 0) is 24.9 Å². The number of rotatable bonds is 8. The quantitative estimate of drug-likeness (QED) is 0.340. The predicted octanol–water partition coefficient (Wildman–Crippen LogP) is 4.25. The molecule has 0 bridgehead atoms. The Morgan fingerprint density at radius 2 is 1.78 bits per heavy atom. The van der Waals surface area contributed by atoms with Gasteiger partial charge in [-0.05, 0) is 65.3 Å². The minimum atomic E-state index is -4.40. The lowest BCUT2D eigenvalue weighted by Crippen LogP contribution is -2.45. The zero-order chi connectivity index (χ0) is 30.8. The molecule has 0 aromatic carbocycles. The van der Waals surface area contributed by atoms with Crippen LogP contribution < -0.4 is 10.0 Å². The monoisotopic (exact) mass is 593 g/mol. The van der Waals surface area contributed by atoms with Gasteiger partial charge in [0.25, 0.3) is 15.9 Å².